The first-order valence-electron chi connectivity index (χ1n) is 9.66. The van der Waals surface area contributed by atoms with Crippen LogP contribution in [0, 0.1) is 12.7 Å². The maximum atomic E-state index is 14.5. The molecule has 2 amide bonds. The monoisotopic (exact) mass is 402 g/mol. The average Bonchev–Trinajstić information content (AvgIpc) is 2.62. The van der Waals surface area contributed by atoms with Crippen LogP contribution in [-0.2, 0) is 9.53 Å². The van der Waals surface area contributed by atoms with Crippen LogP contribution in [0.5, 0.6) is 0 Å². The Balaban J connectivity index is 2.05. The number of hydrogen-bond donors (Lipinski definition) is 2. The van der Waals surface area contributed by atoms with E-state index in [9.17, 15) is 14.0 Å². The summed E-state index contributed by atoms with van der Waals surface area (Å²) in [7, 11) is 0. The minimum Gasteiger partial charge on any atom is -0.444 e. The van der Waals surface area contributed by atoms with Crippen LogP contribution >= 0.6 is 0 Å². The zero-order valence-corrected chi connectivity index (χ0v) is 17.4. The predicted octanol–water partition coefficient (Wildman–Crippen LogP) is 3.20. The summed E-state index contributed by atoms with van der Waals surface area (Å²) in [5, 5.41) is 5.96. The molecule has 0 unspecified atom stereocenters. The fraction of sp³-hybridized carbons (Fsp3) is 0.476. The number of nitrogens with zero attached hydrogens (tertiary/aromatic N) is 2. The molecule has 2 aromatic rings. The van der Waals surface area contributed by atoms with Crippen molar-refractivity contribution < 1.29 is 18.7 Å². The number of fused-ring (bicyclic) bond motifs is 1. The molecule has 2 heterocycles. The van der Waals surface area contributed by atoms with Gasteiger partial charge < -0.3 is 20.3 Å². The number of hydrogen-bond acceptors (Lipinski definition) is 5. The Kier molecular flexibility index (Phi) is 5.64. The number of ether oxygens (including phenoxy) is 1. The number of alkyl carbamates (subject to hydrolysis) is 1. The lowest BCUT2D eigenvalue weighted by Gasteiger charge is -2.31. The SMILES string of the molecule is Cc1ccc(F)c2cc([C@H](C)NC(=O)OC(C)(C)C)c(N3CCNC(=O)C3)nc12. The van der Waals surface area contributed by atoms with E-state index in [4.69, 9.17) is 9.72 Å². The summed E-state index contributed by atoms with van der Waals surface area (Å²) < 4.78 is 19.8. The molecule has 29 heavy (non-hydrogen) atoms. The van der Waals surface area contributed by atoms with E-state index in [1.54, 1.807) is 39.8 Å². The lowest BCUT2D eigenvalue weighted by Crippen LogP contribution is -2.48. The Labute approximate surface area is 169 Å². The quantitative estimate of drug-likeness (QED) is 0.824. The topological polar surface area (TPSA) is 83.6 Å². The van der Waals surface area contributed by atoms with E-state index >= 15 is 0 Å². The second kappa shape index (κ2) is 7.85. The van der Waals surface area contributed by atoms with Crippen LogP contribution in [0.3, 0.4) is 0 Å². The van der Waals surface area contributed by atoms with Crippen molar-refractivity contribution in [1.29, 1.82) is 0 Å². The summed E-state index contributed by atoms with van der Waals surface area (Å²) in [5.74, 6) is 0.0733. The number of nitrogens with one attached hydrogen (secondary N) is 2. The first kappa shape index (κ1) is 20.8. The number of benzene rings is 1. The fourth-order valence-corrected chi connectivity index (χ4v) is 3.32. The summed E-state index contributed by atoms with van der Waals surface area (Å²) >= 11 is 0. The van der Waals surface area contributed by atoms with Gasteiger partial charge >= 0.3 is 6.09 Å². The highest BCUT2D eigenvalue weighted by molar-refractivity contribution is 5.87. The zero-order chi connectivity index (χ0) is 21.3. The van der Waals surface area contributed by atoms with Crippen LogP contribution in [0.4, 0.5) is 15.0 Å². The Hall–Kier alpha value is -2.90. The maximum absolute atomic E-state index is 14.5. The maximum Gasteiger partial charge on any atom is 0.408 e. The summed E-state index contributed by atoms with van der Waals surface area (Å²) in [4.78, 5) is 30.7. The molecule has 156 valence electrons. The van der Waals surface area contributed by atoms with Crippen molar-refractivity contribution in [3.8, 4) is 0 Å². The first-order valence-corrected chi connectivity index (χ1v) is 9.66. The molecule has 1 saturated heterocycles. The number of rotatable bonds is 3. The average molecular weight is 402 g/mol. The van der Waals surface area contributed by atoms with Crippen molar-refractivity contribution in [3.63, 3.8) is 0 Å². The normalized spacial score (nSPS) is 15.8. The molecule has 0 saturated carbocycles. The molecule has 1 aliphatic rings. The third kappa shape index (κ3) is 4.75. The van der Waals surface area contributed by atoms with Crippen LogP contribution in [0.25, 0.3) is 10.9 Å². The van der Waals surface area contributed by atoms with Crippen LogP contribution in [-0.4, -0.2) is 42.2 Å². The van der Waals surface area contributed by atoms with E-state index in [2.05, 4.69) is 10.6 Å². The molecule has 1 fully saturated rings. The highest BCUT2D eigenvalue weighted by atomic mass is 19.1. The summed E-state index contributed by atoms with van der Waals surface area (Å²) in [6, 6.07) is 4.29. The molecule has 0 bridgehead atoms. The van der Waals surface area contributed by atoms with Crippen molar-refractivity contribution in [2.45, 2.75) is 46.3 Å². The number of aryl methyl sites for hydroxylation is 1. The van der Waals surface area contributed by atoms with Gasteiger partial charge in [0, 0.05) is 24.0 Å². The summed E-state index contributed by atoms with van der Waals surface area (Å²) in [5.41, 5.74) is 1.37. The number of amides is 2. The number of piperazine rings is 1. The lowest BCUT2D eigenvalue weighted by atomic mass is 10.0. The molecule has 1 aliphatic heterocycles. The fourth-order valence-electron chi connectivity index (χ4n) is 3.32. The number of aromatic nitrogens is 1. The summed E-state index contributed by atoms with van der Waals surface area (Å²) in [6.07, 6.45) is -0.572. The second-order valence-corrected chi connectivity index (χ2v) is 8.30. The van der Waals surface area contributed by atoms with Gasteiger partial charge in [0.25, 0.3) is 0 Å². The van der Waals surface area contributed by atoms with Gasteiger partial charge in [-0.25, -0.2) is 14.2 Å². The second-order valence-electron chi connectivity index (χ2n) is 8.30. The molecule has 1 atom stereocenters. The van der Waals surface area contributed by atoms with Crippen LogP contribution < -0.4 is 15.5 Å². The summed E-state index contributed by atoms with van der Waals surface area (Å²) in [6.45, 7) is 10.2. The standard InChI is InChI=1S/C21H27FN4O3/c1-12-6-7-16(22)15-10-14(13(2)24-20(28)29-21(3,4)5)19(25-18(12)15)26-9-8-23-17(27)11-26/h6-7,10,13H,8-9,11H2,1-5H3,(H,23,27)(H,24,28)/t13-/m0/s1. The Morgan fingerprint density at radius 3 is 2.76 bits per heavy atom. The van der Waals surface area contributed by atoms with Gasteiger partial charge in [-0.2, -0.15) is 0 Å². The van der Waals surface area contributed by atoms with Crippen molar-refractivity contribution in [1.82, 2.24) is 15.6 Å². The minimum absolute atomic E-state index is 0.104. The van der Waals surface area contributed by atoms with E-state index in [0.717, 1.165) is 5.56 Å². The van der Waals surface area contributed by atoms with Gasteiger partial charge in [-0.1, -0.05) is 6.07 Å². The zero-order valence-electron chi connectivity index (χ0n) is 17.4. The molecule has 0 spiro atoms. The molecular formula is C21H27FN4O3. The van der Waals surface area contributed by atoms with Crippen LogP contribution in [0.2, 0.25) is 0 Å². The Bertz CT molecular complexity index is 955. The first-order chi connectivity index (χ1) is 13.5. The number of halogens is 1. The molecule has 7 nitrogen and oxygen atoms in total. The van der Waals surface area contributed by atoms with Crippen molar-refractivity contribution in [2.75, 3.05) is 24.5 Å². The molecule has 1 aromatic carbocycles. The van der Waals surface area contributed by atoms with Gasteiger partial charge in [-0.15, -0.1) is 0 Å². The lowest BCUT2D eigenvalue weighted by molar-refractivity contribution is -0.120. The molecule has 3 rings (SSSR count). The van der Waals surface area contributed by atoms with Gasteiger partial charge in [0.1, 0.15) is 17.2 Å². The van der Waals surface area contributed by atoms with Gasteiger partial charge in [-0.05, 0) is 52.3 Å². The smallest absolute Gasteiger partial charge is 0.408 e. The predicted molar refractivity (Wildman–Crippen MR) is 109 cm³/mol. The minimum atomic E-state index is -0.636. The van der Waals surface area contributed by atoms with E-state index < -0.39 is 17.7 Å². The van der Waals surface area contributed by atoms with Crippen molar-refractivity contribution in [3.05, 3.63) is 35.1 Å². The van der Waals surface area contributed by atoms with Crippen LogP contribution in [0.1, 0.15) is 44.9 Å². The van der Waals surface area contributed by atoms with E-state index in [1.165, 1.54) is 6.07 Å². The van der Waals surface area contributed by atoms with Crippen molar-refractivity contribution >= 4 is 28.7 Å². The Morgan fingerprint density at radius 2 is 2.10 bits per heavy atom. The van der Waals surface area contributed by atoms with Gasteiger partial charge in [0.2, 0.25) is 5.91 Å². The number of carbonyl (C=O) groups is 2. The highest BCUT2D eigenvalue weighted by Crippen LogP contribution is 2.31. The molecular weight excluding hydrogens is 375 g/mol. The third-order valence-corrected chi connectivity index (χ3v) is 4.68. The van der Waals surface area contributed by atoms with Gasteiger partial charge in [0.15, 0.2) is 0 Å². The van der Waals surface area contributed by atoms with Gasteiger partial charge in [0.05, 0.1) is 18.1 Å². The van der Waals surface area contributed by atoms with Gasteiger partial charge in [-0.3, -0.25) is 4.79 Å². The molecule has 0 aliphatic carbocycles. The number of carbonyl (C=O) groups excluding carboxylic acids is 2. The molecule has 2 N–H and O–H groups in total. The van der Waals surface area contributed by atoms with Crippen LogP contribution in [0.15, 0.2) is 18.2 Å². The largest absolute Gasteiger partial charge is 0.444 e. The van der Waals surface area contributed by atoms with E-state index in [1.807, 2.05) is 11.8 Å². The molecule has 8 heteroatoms. The highest BCUT2D eigenvalue weighted by Gasteiger charge is 2.26. The Morgan fingerprint density at radius 1 is 1.38 bits per heavy atom. The van der Waals surface area contributed by atoms with E-state index in [-0.39, 0.29) is 18.3 Å². The molecule has 1 aromatic heterocycles. The third-order valence-electron chi connectivity index (χ3n) is 4.68. The van der Waals surface area contributed by atoms with E-state index in [0.29, 0.717) is 35.4 Å². The molecule has 0 radical (unpaired) electrons. The number of pyridine rings is 1. The van der Waals surface area contributed by atoms with Crippen molar-refractivity contribution in [2.24, 2.45) is 0 Å². The number of anilines is 1.